The third kappa shape index (κ3) is 11.9. The average molecular weight is 1010 g/mol. The molecule has 0 radical (unpaired) electrons. The number of hydrogen-bond donors (Lipinski definition) is 7. The van der Waals surface area contributed by atoms with E-state index in [1.54, 1.807) is 55.7 Å². The number of carbonyl (C=O) groups is 7. The van der Waals surface area contributed by atoms with Gasteiger partial charge in [-0.15, -0.1) is 0 Å². The van der Waals surface area contributed by atoms with Gasteiger partial charge in [0.1, 0.15) is 25.3 Å². The predicted molar refractivity (Wildman–Crippen MR) is 272 cm³/mol. The number of nitrogen functional groups attached to an aromatic ring is 1. The number of amides is 6. The van der Waals surface area contributed by atoms with Crippen LogP contribution in [0.1, 0.15) is 123 Å². The van der Waals surface area contributed by atoms with E-state index in [4.69, 9.17) is 20.9 Å². The van der Waals surface area contributed by atoms with Crippen molar-refractivity contribution in [1.29, 1.82) is 0 Å². The molecule has 3 aliphatic heterocycles. The zero-order valence-electron chi connectivity index (χ0n) is 42.3. The molecule has 1 aromatic heterocycles. The summed E-state index contributed by atoms with van der Waals surface area (Å²) in [6, 6.07) is 8.01. The highest BCUT2D eigenvalue weighted by Gasteiger charge is 2.45. The number of nitrogens with one attached hydrogen (secondary N) is 4. The maximum atomic E-state index is 13.9. The Balaban J connectivity index is 0.969. The SMILES string of the molecule is CC[C@@]1(O)C(=O)OCc2c1cc1n(c2=O)C/C(=C2/c3c(N)cc(C)c(C)c3CC[C@@H]2NC(=O)OCc2ccc(NC(=O)[C@H](CCCCN)NC(=O)[C@@H](NC(=O)CCCCCN3C(=O)C=CC3=O)C(C)C)cc2)C1. The number of nitrogens with zero attached hydrogens (tertiary/aromatic N) is 2. The molecule has 4 aliphatic rings. The highest BCUT2D eigenvalue weighted by molar-refractivity contribution is 6.12. The number of aryl methyl sites for hydroxylation is 1. The number of benzene rings is 2. The largest absolute Gasteiger partial charge is 0.458 e. The van der Waals surface area contributed by atoms with Gasteiger partial charge in [0.05, 0.1) is 11.6 Å². The van der Waals surface area contributed by atoms with Crippen molar-refractivity contribution >= 4 is 58.5 Å². The number of anilines is 2. The fraction of sp³-hybridized carbons (Fsp3) is 0.481. The summed E-state index contributed by atoms with van der Waals surface area (Å²) in [7, 11) is 0. The van der Waals surface area contributed by atoms with Crippen molar-refractivity contribution in [1.82, 2.24) is 25.4 Å². The third-order valence-corrected chi connectivity index (χ3v) is 14.5. The van der Waals surface area contributed by atoms with Crippen LogP contribution in [0.4, 0.5) is 16.2 Å². The molecule has 0 unspecified atom stereocenters. The van der Waals surface area contributed by atoms with Gasteiger partial charge in [-0.2, -0.15) is 0 Å². The van der Waals surface area contributed by atoms with Crippen LogP contribution in [0, 0.1) is 19.8 Å². The van der Waals surface area contributed by atoms with E-state index in [-0.39, 0.29) is 79.5 Å². The van der Waals surface area contributed by atoms with E-state index >= 15 is 0 Å². The predicted octanol–water partition coefficient (Wildman–Crippen LogP) is 4.13. The van der Waals surface area contributed by atoms with E-state index < -0.39 is 47.6 Å². The molecule has 1 aliphatic carbocycles. The van der Waals surface area contributed by atoms with Gasteiger partial charge < -0.3 is 51.9 Å². The number of alkyl carbamates (subject to hydrolysis) is 1. The molecule has 73 heavy (non-hydrogen) atoms. The summed E-state index contributed by atoms with van der Waals surface area (Å²) < 4.78 is 12.6. The standard InChI is InChI=1S/C54H68N8O11/c1-6-54(71)39-26-36-25-34(27-62(36)51(68)38(39)29-72-52(54)69)46-41(19-18-37-32(5)31(4)24-40(56)47(37)46)59-53(70)73-28-33-14-16-35(17-15-33)57-49(66)42(12-9-10-22-55)58-50(67)48(30(2)3)60-43(63)13-8-7-11-23-61-44(64)20-21-45(61)65/h14-17,20-21,24,26,30,41-42,48,71H,6-13,18-19,22-23,25,27-29,55-56H2,1-5H3,(H,57,66)(H,58,67)(H,59,70)(H,60,63)/b46-34+/t41-,42-,48-,54-/m0/s1. The molecule has 0 spiro atoms. The number of cyclic esters (lactones) is 1. The summed E-state index contributed by atoms with van der Waals surface area (Å²) in [5, 5.41) is 22.9. The molecule has 4 heterocycles. The number of imide groups is 1. The number of aliphatic hydroxyl groups is 1. The van der Waals surface area contributed by atoms with E-state index in [1.165, 1.54) is 12.2 Å². The minimum absolute atomic E-state index is 0.0368. The molecule has 19 heteroatoms. The zero-order chi connectivity index (χ0) is 52.7. The Kier molecular flexibility index (Phi) is 17.0. The number of hydrogen-bond acceptors (Lipinski definition) is 13. The van der Waals surface area contributed by atoms with Gasteiger partial charge in [-0.3, -0.25) is 33.7 Å². The number of aromatic nitrogens is 1. The summed E-state index contributed by atoms with van der Waals surface area (Å²) in [6.45, 7) is 9.87. The smallest absolute Gasteiger partial charge is 0.407 e. The molecule has 3 aromatic rings. The van der Waals surface area contributed by atoms with E-state index in [0.29, 0.717) is 87.0 Å². The second-order valence-electron chi connectivity index (χ2n) is 19.8. The van der Waals surface area contributed by atoms with Crippen molar-refractivity contribution in [2.24, 2.45) is 11.7 Å². The minimum Gasteiger partial charge on any atom is -0.458 e. The molecule has 4 atom stereocenters. The summed E-state index contributed by atoms with van der Waals surface area (Å²) in [5.74, 6) is -3.07. The summed E-state index contributed by atoms with van der Waals surface area (Å²) in [5.41, 5.74) is 18.7. The Morgan fingerprint density at radius 2 is 1.66 bits per heavy atom. The second-order valence-corrected chi connectivity index (χ2v) is 19.8. The van der Waals surface area contributed by atoms with Gasteiger partial charge in [-0.25, -0.2) is 9.59 Å². The molecule has 9 N–H and O–H groups in total. The molecule has 0 saturated carbocycles. The lowest BCUT2D eigenvalue weighted by Crippen LogP contribution is -2.54. The lowest BCUT2D eigenvalue weighted by atomic mass is 9.77. The van der Waals surface area contributed by atoms with Gasteiger partial charge in [0, 0.05) is 66.3 Å². The van der Waals surface area contributed by atoms with E-state index in [2.05, 4.69) is 21.3 Å². The summed E-state index contributed by atoms with van der Waals surface area (Å²) >= 11 is 0. The number of ether oxygens (including phenoxy) is 2. The second kappa shape index (κ2) is 23.2. The molecular weight excluding hydrogens is 937 g/mol. The fourth-order valence-electron chi connectivity index (χ4n) is 10.2. The third-order valence-electron chi connectivity index (χ3n) is 14.5. The van der Waals surface area contributed by atoms with Crippen LogP contribution in [0.2, 0.25) is 0 Å². The topological polar surface area (TPSA) is 284 Å². The lowest BCUT2D eigenvalue weighted by Gasteiger charge is -2.32. The maximum absolute atomic E-state index is 13.9. The maximum Gasteiger partial charge on any atom is 0.407 e. The van der Waals surface area contributed by atoms with Crippen molar-refractivity contribution in [2.45, 2.75) is 149 Å². The van der Waals surface area contributed by atoms with Crippen LogP contribution in [0.25, 0.3) is 5.57 Å². The van der Waals surface area contributed by atoms with Gasteiger partial charge >= 0.3 is 12.1 Å². The van der Waals surface area contributed by atoms with Crippen LogP contribution >= 0.6 is 0 Å². The van der Waals surface area contributed by atoms with Gasteiger partial charge in [0.2, 0.25) is 17.7 Å². The number of allylic oxidation sites excluding steroid dienone is 1. The van der Waals surface area contributed by atoms with E-state index in [0.717, 1.165) is 38.3 Å². The Morgan fingerprint density at radius 1 is 0.932 bits per heavy atom. The van der Waals surface area contributed by atoms with E-state index in [9.17, 15) is 43.5 Å². The Hall–Kier alpha value is -7.12. The normalized spacial score (nSPS) is 19.7. The summed E-state index contributed by atoms with van der Waals surface area (Å²) in [6.07, 6.45) is 6.60. The Bertz CT molecular complexity index is 2780. The number of nitrogens with two attached hydrogens (primary N) is 2. The van der Waals surface area contributed by atoms with Crippen LogP contribution in [-0.4, -0.2) is 87.4 Å². The van der Waals surface area contributed by atoms with Crippen molar-refractivity contribution in [3.63, 3.8) is 0 Å². The number of fused-ring (bicyclic) bond motifs is 3. The van der Waals surface area contributed by atoms with Gasteiger partial charge in [0.15, 0.2) is 5.60 Å². The number of pyridine rings is 1. The van der Waals surface area contributed by atoms with Crippen molar-refractivity contribution in [2.75, 3.05) is 24.1 Å². The molecule has 6 amide bonds. The minimum atomic E-state index is -1.93. The molecular formula is C54H68N8O11. The van der Waals surface area contributed by atoms with Crippen molar-refractivity contribution in [3.8, 4) is 0 Å². The van der Waals surface area contributed by atoms with Gasteiger partial charge in [0.25, 0.3) is 17.4 Å². The quantitative estimate of drug-likeness (QED) is 0.0363. The van der Waals surface area contributed by atoms with Crippen LogP contribution < -0.4 is 38.3 Å². The van der Waals surface area contributed by atoms with Gasteiger partial charge in [-0.05, 0) is 135 Å². The highest BCUT2D eigenvalue weighted by atomic mass is 16.6. The average Bonchev–Trinajstić information content (AvgIpc) is 3.94. The molecule has 0 bridgehead atoms. The first-order valence-electron chi connectivity index (χ1n) is 25.3. The van der Waals surface area contributed by atoms with Crippen LogP contribution in [-0.2, 0) is 76.4 Å². The Morgan fingerprint density at radius 3 is 2.34 bits per heavy atom. The lowest BCUT2D eigenvalue weighted by molar-refractivity contribution is -0.172. The van der Waals surface area contributed by atoms with Gasteiger partial charge in [-0.1, -0.05) is 39.3 Å². The molecule has 0 saturated heterocycles. The highest BCUT2D eigenvalue weighted by Crippen LogP contribution is 2.43. The zero-order valence-corrected chi connectivity index (χ0v) is 42.3. The number of carbonyl (C=O) groups excluding carboxylic acids is 7. The number of esters is 1. The monoisotopic (exact) mass is 1000 g/mol. The first-order chi connectivity index (χ1) is 34.8. The Labute approximate surface area is 424 Å². The molecule has 2 aromatic carbocycles. The molecule has 0 fully saturated rings. The first-order valence-corrected chi connectivity index (χ1v) is 25.3. The molecule has 7 rings (SSSR count). The van der Waals surface area contributed by atoms with Crippen LogP contribution in [0.3, 0.4) is 0 Å². The number of unbranched alkanes of at least 4 members (excludes halogenated alkanes) is 3. The van der Waals surface area contributed by atoms with E-state index in [1.807, 2.05) is 19.9 Å². The molecule has 19 nitrogen and oxygen atoms in total. The fourth-order valence-corrected chi connectivity index (χ4v) is 10.2. The van der Waals surface area contributed by atoms with Crippen molar-refractivity contribution < 1.29 is 48.1 Å². The number of rotatable bonds is 20. The van der Waals surface area contributed by atoms with Crippen molar-refractivity contribution in [3.05, 3.63) is 109 Å². The summed E-state index contributed by atoms with van der Waals surface area (Å²) in [4.78, 5) is 105. The molecule has 390 valence electrons. The van der Waals surface area contributed by atoms with Crippen LogP contribution in [0.5, 0.6) is 0 Å². The first kappa shape index (κ1) is 53.7. The van der Waals surface area contributed by atoms with Crippen LogP contribution in [0.15, 0.2) is 58.9 Å².